The van der Waals surface area contributed by atoms with Crippen molar-refractivity contribution < 1.29 is 74.2 Å². The SMILES string of the molecule is [C-]1=CC=CC1.[I-].[I-].[Zr+4].c1ccc2[cH-]ccc2c1. The van der Waals surface area contributed by atoms with Crippen molar-refractivity contribution in [1.29, 1.82) is 0 Å². The smallest absolute Gasteiger partial charge is 1.00 e. The van der Waals surface area contributed by atoms with Gasteiger partial charge in [-0.2, -0.15) is 23.6 Å². The van der Waals surface area contributed by atoms with E-state index in [1.54, 1.807) is 0 Å². The second-order valence-electron chi connectivity index (χ2n) is 3.16. The molecule has 3 heteroatoms. The summed E-state index contributed by atoms with van der Waals surface area (Å²) in [7, 11) is 0. The summed E-state index contributed by atoms with van der Waals surface area (Å²) in [4.78, 5) is 0. The van der Waals surface area contributed by atoms with E-state index in [9.17, 15) is 0 Å². The molecule has 2 aromatic rings. The summed E-state index contributed by atoms with van der Waals surface area (Å²) in [5.74, 6) is 0. The van der Waals surface area contributed by atoms with E-state index in [0.29, 0.717) is 0 Å². The molecule has 17 heavy (non-hydrogen) atoms. The molecule has 0 aromatic heterocycles. The van der Waals surface area contributed by atoms with Crippen LogP contribution in [0.25, 0.3) is 10.8 Å². The number of hydrogen-bond donors (Lipinski definition) is 0. The van der Waals surface area contributed by atoms with Gasteiger partial charge in [0.05, 0.1) is 0 Å². The number of allylic oxidation sites excluding steroid dienone is 4. The maximum Gasteiger partial charge on any atom is 4.00 e. The monoisotopic (exact) mass is 524 g/mol. The zero-order chi connectivity index (χ0) is 9.64. The standard InChI is InChI=1S/C9H7.C5H5.2HI.Zr/c1-2-5-9-7-3-6-8(9)4-1;1-2-4-5-3-1;;;/h1-7H;1-3H,4H2;2*1H;/q2*-1;;;+4/p-2. The van der Waals surface area contributed by atoms with Crippen LogP contribution in [-0.2, 0) is 26.2 Å². The van der Waals surface area contributed by atoms with Crippen molar-refractivity contribution in [3.05, 3.63) is 66.8 Å². The van der Waals surface area contributed by atoms with Crippen LogP contribution in [0.3, 0.4) is 0 Å². The Morgan fingerprint density at radius 2 is 1.82 bits per heavy atom. The van der Waals surface area contributed by atoms with Crippen LogP contribution in [0.1, 0.15) is 6.42 Å². The van der Waals surface area contributed by atoms with Crippen LogP contribution in [0.4, 0.5) is 0 Å². The average Bonchev–Trinajstić information content (AvgIpc) is 2.92. The molecule has 0 fully saturated rings. The molecule has 2 aromatic carbocycles. The van der Waals surface area contributed by atoms with Gasteiger partial charge in [0.15, 0.2) is 0 Å². The molecule has 0 radical (unpaired) electrons. The summed E-state index contributed by atoms with van der Waals surface area (Å²) in [5, 5.41) is 2.66. The maximum atomic E-state index is 2.99. The molecule has 0 N–H and O–H groups in total. The topological polar surface area (TPSA) is 0 Å². The van der Waals surface area contributed by atoms with Crippen molar-refractivity contribution in [2.24, 2.45) is 0 Å². The normalized spacial score (nSPS) is 10.6. The van der Waals surface area contributed by atoms with Crippen LogP contribution in [0.2, 0.25) is 0 Å². The van der Waals surface area contributed by atoms with Crippen LogP contribution < -0.4 is 48.0 Å². The molecule has 0 amide bonds. The molecule has 0 bridgehead atoms. The van der Waals surface area contributed by atoms with Gasteiger partial charge in [0.2, 0.25) is 0 Å². The molecule has 86 valence electrons. The van der Waals surface area contributed by atoms with E-state index in [-0.39, 0.29) is 74.2 Å². The van der Waals surface area contributed by atoms with Gasteiger partial charge < -0.3 is 48.0 Å². The fourth-order valence-electron chi connectivity index (χ4n) is 1.41. The number of halogens is 2. The van der Waals surface area contributed by atoms with E-state index < -0.39 is 0 Å². The Hall–Kier alpha value is 0.653. The summed E-state index contributed by atoms with van der Waals surface area (Å²) >= 11 is 0. The first-order valence-corrected chi connectivity index (χ1v) is 4.79. The van der Waals surface area contributed by atoms with Crippen LogP contribution in [0.5, 0.6) is 0 Å². The Balaban J connectivity index is 0. The summed E-state index contributed by atoms with van der Waals surface area (Å²) < 4.78 is 0. The first kappa shape index (κ1) is 20.0. The van der Waals surface area contributed by atoms with E-state index in [0.717, 1.165) is 6.42 Å². The molecule has 1 aliphatic carbocycles. The van der Waals surface area contributed by atoms with Crippen LogP contribution in [-0.4, -0.2) is 0 Å². The Kier molecular flexibility index (Phi) is 13.8. The van der Waals surface area contributed by atoms with Crippen LogP contribution >= 0.6 is 0 Å². The van der Waals surface area contributed by atoms with Crippen molar-refractivity contribution >= 4 is 10.8 Å². The predicted molar refractivity (Wildman–Crippen MR) is 61.1 cm³/mol. The summed E-state index contributed by atoms with van der Waals surface area (Å²) in [5.41, 5.74) is 0. The van der Waals surface area contributed by atoms with Gasteiger partial charge in [-0.3, -0.25) is 6.08 Å². The van der Waals surface area contributed by atoms with Crippen LogP contribution in [0, 0.1) is 6.08 Å². The fraction of sp³-hybridized carbons (Fsp3) is 0.0714. The van der Waals surface area contributed by atoms with Crippen molar-refractivity contribution in [2.75, 3.05) is 0 Å². The summed E-state index contributed by atoms with van der Waals surface area (Å²) in [6.45, 7) is 0. The minimum atomic E-state index is 0. The van der Waals surface area contributed by atoms with Crippen molar-refractivity contribution in [3.8, 4) is 0 Å². The third-order valence-electron chi connectivity index (χ3n) is 2.13. The van der Waals surface area contributed by atoms with Crippen molar-refractivity contribution in [1.82, 2.24) is 0 Å². The Bertz CT molecular complexity index is 418. The van der Waals surface area contributed by atoms with Crippen molar-refractivity contribution in [3.63, 3.8) is 0 Å². The molecule has 0 atom stereocenters. The van der Waals surface area contributed by atoms with Gasteiger partial charge in [-0.1, -0.05) is 6.07 Å². The number of hydrogen-bond acceptors (Lipinski definition) is 0. The molecule has 1 aliphatic rings. The zero-order valence-corrected chi connectivity index (χ0v) is 16.0. The number of rotatable bonds is 0. The van der Waals surface area contributed by atoms with Crippen LogP contribution in [0.15, 0.2) is 60.7 Å². The quantitative estimate of drug-likeness (QED) is 0.273. The van der Waals surface area contributed by atoms with Gasteiger partial charge in [-0.05, 0) is 0 Å². The van der Waals surface area contributed by atoms with Gasteiger partial charge in [0.25, 0.3) is 0 Å². The van der Waals surface area contributed by atoms with Crippen molar-refractivity contribution in [2.45, 2.75) is 6.42 Å². The first-order valence-electron chi connectivity index (χ1n) is 4.79. The van der Waals surface area contributed by atoms with Gasteiger partial charge in [-0.15, -0.1) is 36.1 Å². The summed E-state index contributed by atoms with van der Waals surface area (Å²) in [6, 6.07) is 14.7. The van der Waals surface area contributed by atoms with Gasteiger partial charge in [0.1, 0.15) is 0 Å². The second-order valence-corrected chi connectivity index (χ2v) is 3.16. The van der Waals surface area contributed by atoms with Gasteiger partial charge in [0, 0.05) is 0 Å². The second kappa shape index (κ2) is 11.7. The molecular weight excluding hydrogens is 513 g/mol. The molecule has 0 saturated carbocycles. The molecular formula is C14H12I2Zr. The van der Waals surface area contributed by atoms with Gasteiger partial charge >= 0.3 is 26.2 Å². The molecule has 0 nitrogen and oxygen atoms in total. The average molecular weight is 525 g/mol. The first-order chi connectivity index (χ1) is 6.97. The molecule has 0 heterocycles. The minimum Gasteiger partial charge on any atom is -1.00 e. The van der Waals surface area contributed by atoms with Gasteiger partial charge in [-0.25, -0.2) is 12.2 Å². The van der Waals surface area contributed by atoms with E-state index in [1.807, 2.05) is 12.2 Å². The number of fused-ring (bicyclic) bond motifs is 1. The van der Waals surface area contributed by atoms with E-state index in [1.165, 1.54) is 10.8 Å². The Morgan fingerprint density at radius 1 is 1.06 bits per heavy atom. The molecule has 0 spiro atoms. The largest absolute Gasteiger partial charge is 4.00 e. The predicted octanol–water partition coefficient (Wildman–Crippen LogP) is -2.13. The Morgan fingerprint density at radius 3 is 2.35 bits per heavy atom. The Labute approximate surface area is 156 Å². The zero-order valence-electron chi connectivity index (χ0n) is 9.24. The minimum absolute atomic E-state index is 0. The third-order valence-corrected chi connectivity index (χ3v) is 2.13. The molecule has 0 aliphatic heterocycles. The molecule has 0 unspecified atom stereocenters. The van der Waals surface area contributed by atoms with E-state index >= 15 is 0 Å². The van der Waals surface area contributed by atoms with E-state index in [2.05, 4.69) is 54.6 Å². The molecule has 3 rings (SSSR count). The van der Waals surface area contributed by atoms with E-state index in [4.69, 9.17) is 0 Å². The number of benzene rings is 1. The summed E-state index contributed by atoms with van der Waals surface area (Å²) in [6.07, 6.45) is 10.0. The third kappa shape index (κ3) is 6.97. The fourth-order valence-corrected chi connectivity index (χ4v) is 1.41. The maximum absolute atomic E-state index is 2.99. The molecule has 0 saturated heterocycles.